The van der Waals surface area contributed by atoms with Crippen molar-refractivity contribution in [3.8, 4) is 17.0 Å². The molecule has 1 N–H and O–H groups in total. The zero-order valence-electron chi connectivity index (χ0n) is 17.9. The minimum absolute atomic E-state index is 0.0341. The van der Waals surface area contributed by atoms with Crippen LogP contribution in [0.1, 0.15) is 43.6 Å². The number of fused-ring (bicyclic) bond motifs is 1. The van der Waals surface area contributed by atoms with Crippen LogP contribution in [0.5, 0.6) is 5.75 Å². The monoisotopic (exact) mass is 442 g/mol. The molecule has 162 valence electrons. The number of rotatable bonds is 6. The Hall–Kier alpha value is -3.18. The summed E-state index contributed by atoms with van der Waals surface area (Å²) in [5, 5.41) is 7.76. The van der Waals surface area contributed by atoms with Crippen molar-refractivity contribution in [3.63, 3.8) is 0 Å². The Kier molecular flexibility index (Phi) is 6.17. The van der Waals surface area contributed by atoms with Gasteiger partial charge in [0.25, 0.3) is 5.91 Å². The molecule has 0 spiro atoms. The van der Waals surface area contributed by atoms with Gasteiger partial charge in [0.2, 0.25) is 0 Å². The normalized spacial score (nSPS) is 14.4. The zero-order chi connectivity index (χ0) is 21.8. The van der Waals surface area contributed by atoms with Crippen LogP contribution in [-0.2, 0) is 4.79 Å². The molecule has 32 heavy (non-hydrogen) atoms. The van der Waals surface area contributed by atoms with Crippen molar-refractivity contribution in [2.24, 2.45) is 0 Å². The van der Waals surface area contributed by atoms with Crippen molar-refractivity contribution in [2.75, 3.05) is 11.9 Å². The molecule has 0 unspecified atom stereocenters. The smallest absolute Gasteiger partial charge is 0.264 e. The van der Waals surface area contributed by atoms with E-state index in [0.717, 1.165) is 17.0 Å². The first kappa shape index (κ1) is 20.7. The highest BCUT2D eigenvalue weighted by molar-refractivity contribution is 7.14. The number of aromatic nitrogens is 1. The Labute approximate surface area is 192 Å². The van der Waals surface area contributed by atoms with Crippen LogP contribution in [0.25, 0.3) is 22.0 Å². The maximum absolute atomic E-state index is 12.4. The predicted octanol–water partition coefficient (Wildman–Crippen LogP) is 7.03. The van der Waals surface area contributed by atoms with E-state index >= 15 is 0 Å². The average molecular weight is 443 g/mol. The van der Waals surface area contributed by atoms with Crippen LogP contribution in [0, 0.1) is 0 Å². The molecular formula is C27H26N2O2S. The fourth-order valence-corrected chi connectivity index (χ4v) is 5.12. The minimum Gasteiger partial charge on any atom is -0.484 e. The second-order valence-electron chi connectivity index (χ2n) is 8.34. The van der Waals surface area contributed by atoms with Crippen LogP contribution in [0.2, 0.25) is 0 Å². The van der Waals surface area contributed by atoms with Gasteiger partial charge in [0.05, 0.1) is 5.69 Å². The molecule has 1 fully saturated rings. The third-order valence-corrected chi connectivity index (χ3v) is 6.88. The van der Waals surface area contributed by atoms with Crippen molar-refractivity contribution in [1.29, 1.82) is 0 Å². The number of carbonyl (C=O) groups excluding carboxylic acids is 1. The fourth-order valence-electron chi connectivity index (χ4n) is 4.39. The molecule has 5 rings (SSSR count). The zero-order valence-corrected chi connectivity index (χ0v) is 18.7. The van der Waals surface area contributed by atoms with Crippen molar-refractivity contribution in [1.82, 2.24) is 4.98 Å². The van der Waals surface area contributed by atoms with Gasteiger partial charge in [0.1, 0.15) is 5.75 Å². The maximum atomic E-state index is 12.4. The van der Waals surface area contributed by atoms with E-state index in [1.54, 1.807) is 0 Å². The highest BCUT2D eigenvalue weighted by Crippen LogP contribution is 2.33. The van der Waals surface area contributed by atoms with Crippen LogP contribution in [0.3, 0.4) is 0 Å². The van der Waals surface area contributed by atoms with Gasteiger partial charge in [-0.2, -0.15) is 0 Å². The Morgan fingerprint density at radius 2 is 1.75 bits per heavy atom. The van der Waals surface area contributed by atoms with Crippen LogP contribution in [-0.4, -0.2) is 17.5 Å². The van der Waals surface area contributed by atoms with Crippen molar-refractivity contribution >= 4 is 33.1 Å². The number of hydrogen-bond acceptors (Lipinski definition) is 4. The Morgan fingerprint density at radius 3 is 2.56 bits per heavy atom. The van der Waals surface area contributed by atoms with Gasteiger partial charge in [0, 0.05) is 10.9 Å². The van der Waals surface area contributed by atoms with Crippen LogP contribution in [0.4, 0.5) is 5.13 Å². The van der Waals surface area contributed by atoms with Crippen molar-refractivity contribution in [3.05, 3.63) is 77.7 Å². The number of amides is 1. The average Bonchev–Trinajstić information content (AvgIpc) is 3.32. The van der Waals surface area contributed by atoms with Gasteiger partial charge in [-0.05, 0) is 53.3 Å². The first-order chi connectivity index (χ1) is 15.7. The minimum atomic E-state index is -0.208. The number of ether oxygens (including phenoxy) is 1. The van der Waals surface area contributed by atoms with E-state index in [2.05, 4.69) is 52.8 Å². The lowest BCUT2D eigenvalue weighted by atomic mass is 9.84. The van der Waals surface area contributed by atoms with Gasteiger partial charge < -0.3 is 4.74 Å². The van der Waals surface area contributed by atoms with E-state index in [1.165, 1.54) is 59.8 Å². The fraction of sp³-hybridized carbons (Fsp3) is 0.259. The highest BCUT2D eigenvalue weighted by atomic mass is 32.1. The molecule has 0 aliphatic heterocycles. The maximum Gasteiger partial charge on any atom is 0.264 e. The molecule has 0 saturated heterocycles. The highest BCUT2D eigenvalue weighted by Gasteiger charge is 2.15. The van der Waals surface area contributed by atoms with Gasteiger partial charge in [-0.15, -0.1) is 11.3 Å². The van der Waals surface area contributed by atoms with E-state index in [4.69, 9.17) is 4.74 Å². The molecule has 3 aromatic carbocycles. The van der Waals surface area contributed by atoms with Crippen molar-refractivity contribution in [2.45, 2.75) is 38.0 Å². The SMILES string of the molecule is O=C(COc1ccc(C2CCCCC2)cc1)Nc1nc(-c2ccc3ccccc3c2)cs1. The topological polar surface area (TPSA) is 51.2 Å². The molecule has 0 bridgehead atoms. The number of benzene rings is 3. The largest absolute Gasteiger partial charge is 0.484 e. The molecule has 4 nitrogen and oxygen atoms in total. The van der Waals surface area contributed by atoms with E-state index < -0.39 is 0 Å². The van der Waals surface area contributed by atoms with Crippen LogP contribution in [0.15, 0.2) is 72.1 Å². The lowest BCUT2D eigenvalue weighted by Gasteiger charge is -2.22. The van der Waals surface area contributed by atoms with Crippen LogP contribution < -0.4 is 10.1 Å². The number of nitrogens with zero attached hydrogens (tertiary/aromatic N) is 1. The molecule has 1 saturated carbocycles. The van der Waals surface area contributed by atoms with E-state index in [-0.39, 0.29) is 12.5 Å². The summed E-state index contributed by atoms with van der Waals surface area (Å²) in [5.41, 5.74) is 3.27. The number of nitrogens with one attached hydrogen (secondary N) is 1. The molecule has 0 radical (unpaired) electrons. The first-order valence-corrected chi connectivity index (χ1v) is 12.1. The quantitative estimate of drug-likeness (QED) is 0.349. The Bertz CT molecular complexity index is 1210. The number of thiazole rings is 1. The first-order valence-electron chi connectivity index (χ1n) is 11.2. The summed E-state index contributed by atoms with van der Waals surface area (Å²) in [7, 11) is 0. The molecular weight excluding hydrogens is 416 g/mol. The molecule has 0 atom stereocenters. The molecule has 1 aromatic heterocycles. The van der Waals surface area contributed by atoms with Gasteiger partial charge in [-0.3, -0.25) is 10.1 Å². The molecule has 4 aromatic rings. The van der Waals surface area contributed by atoms with Gasteiger partial charge >= 0.3 is 0 Å². The third-order valence-electron chi connectivity index (χ3n) is 6.12. The van der Waals surface area contributed by atoms with Gasteiger partial charge in [-0.1, -0.05) is 67.8 Å². The lowest BCUT2D eigenvalue weighted by molar-refractivity contribution is -0.118. The summed E-state index contributed by atoms with van der Waals surface area (Å²) in [4.78, 5) is 16.9. The number of hydrogen-bond donors (Lipinski definition) is 1. The summed E-state index contributed by atoms with van der Waals surface area (Å²) in [6.45, 7) is -0.0341. The number of carbonyl (C=O) groups is 1. The van der Waals surface area contributed by atoms with Crippen LogP contribution >= 0.6 is 11.3 Å². The molecule has 1 heterocycles. The molecule has 1 aliphatic rings. The van der Waals surface area contributed by atoms with Gasteiger partial charge in [0.15, 0.2) is 11.7 Å². The summed E-state index contributed by atoms with van der Waals surface area (Å²) in [6, 6.07) is 22.7. The lowest BCUT2D eigenvalue weighted by Crippen LogP contribution is -2.20. The van der Waals surface area contributed by atoms with E-state index in [1.807, 2.05) is 29.6 Å². The predicted molar refractivity (Wildman–Crippen MR) is 131 cm³/mol. The van der Waals surface area contributed by atoms with Gasteiger partial charge in [-0.25, -0.2) is 4.98 Å². The second-order valence-corrected chi connectivity index (χ2v) is 9.20. The summed E-state index contributed by atoms with van der Waals surface area (Å²) in [5.74, 6) is 1.18. The van der Waals surface area contributed by atoms with E-state index in [0.29, 0.717) is 11.0 Å². The molecule has 1 aliphatic carbocycles. The number of anilines is 1. The molecule has 5 heteroatoms. The van der Waals surface area contributed by atoms with Crippen molar-refractivity contribution < 1.29 is 9.53 Å². The molecule has 1 amide bonds. The second kappa shape index (κ2) is 9.53. The Morgan fingerprint density at radius 1 is 0.969 bits per heavy atom. The summed E-state index contributed by atoms with van der Waals surface area (Å²) < 4.78 is 5.69. The standard InChI is InChI=1S/C27H26N2O2S/c30-26(17-31-24-14-12-21(13-15-24)19-6-2-1-3-7-19)29-27-28-25(18-32-27)23-11-10-20-8-4-5-9-22(20)16-23/h4-5,8-16,18-19H,1-3,6-7,17H2,(H,28,29,30). The van der Waals surface area contributed by atoms with E-state index in [9.17, 15) is 4.79 Å². The Balaban J connectivity index is 1.16. The third kappa shape index (κ3) is 4.83. The summed E-state index contributed by atoms with van der Waals surface area (Å²) in [6.07, 6.45) is 6.55. The summed E-state index contributed by atoms with van der Waals surface area (Å²) >= 11 is 1.42.